The Morgan fingerprint density at radius 1 is 1.18 bits per heavy atom. The fraction of sp³-hybridized carbons (Fsp3) is 0.417. The predicted octanol–water partition coefficient (Wildman–Crippen LogP) is 6.08. The number of amides is 1. The first-order chi connectivity index (χ1) is 15.4. The number of H-pyrrole nitrogens is 1. The Bertz CT molecular complexity index is 1170. The van der Waals surface area contributed by atoms with Gasteiger partial charge in [0.25, 0.3) is 0 Å². The van der Waals surface area contributed by atoms with Crippen molar-refractivity contribution in [3.8, 4) is 0 Å². The summed E-state index contributed by atoms with van der Waals surface area (Å²) in [5, 5.41) is 3.56. The van der Waals surface area contributed by atoms with E-state index in [4.69, 9.17) is 4.74 Å². The lowest BCUT2D eigenvalue weighted by atomic mass is 10.0. The molecule has 1 unspecified atom stereocenters. The van der Waals surface area contributed by atoms with E-state index in [-0.39, 0.29) is 17.5 Å². The van der Waals surface area contributed by atoms with E-state index in [0.717, 1.165) is 29.1 Å². The summed E-state index contributed by atoms with van der Waals surface area (Å²) in [6, 6.07) is 4.57. The zero-order chi connectivity index (χ0) is 24.5. The normalized spacial score (nSPS) is 12.6. The Kier molecular flexibility index (Phi) is 6.90. The van der Waals surface area contributed by atoms with E-state index in [2.05, 4.69) is 15.3 Å². The number of aromatic amines is 1. The maximum Gasteiger partial charge on any atom is 0.410 e. The number of carbonyl (C=O) groups is 1. The number of aryl methyl sites for hydroxylation is 1. The highest BCUT2D eigenvalue weighted by Gasteiger charge is 2.25. The van der Waals surface area contributed by atoms with E-state index in [9.17, 15) is 18.0 Å². The van der Waals surface area contributed by atoms with Gasteiger partial charge in [0.05, 0.1) is 5.69 Å². The molecule has 0 aliphatic rings. The summed E-state index contributed by atoms with van der Waals surface area (Å²) in [6.45, 7) is 9.41. The summed E-state index contributed by atoms with van der Waals surface area (Å²) in [6.07, 6.45) is 0.895. The number of rotatable bonds is 6. The van der Waals surface area contributed by atoms with Crippen LogP contribution >= 0.6 is 0 Å². The summed E-state index contributed by atoms with van der Waals surface area (Å²) in [5.41, 5.74) is 1.77. The maximum atomic E-state index is 14.0. The molecule has 0 aliphatic carbocycles. The molecule has 2 heterocycles. The van der Waals surface area contributed by atoms with Gasteiger partial charge in [0.15, 0.2) is 11.6 Å². The van der Waals surface area contributed by atoms with Gasteiger partial charge in [-0.2, -0.15) is 0 Å². The number of carbonyl (C=O) groups excluding carboxylic acids is 1. The average Bonchev–Trinajstić information content (AvgIpc) is 3.06. The molecule has 33 heavy (non-hydrogen) atoms. The Morgan fingerprint density at radius 3 is 2.48 bits per heavy atom. The Balaban J connectivity index is 1.85. The highest BCUT2D eigenvalue weighted by Crippen LogP contribution is 2.28. The number of benzene rings is 1. The molecule has 0 aliphatic heterocycles. The lowest BCUT2D eigenvalue weighted by Crippen LogP contribution is -2.40. The quantitative estimate of drug-likeness (QED) is 0.435. The first-order valence-corrected chi connectivity index (χ1v) is 10.8. The minimum Gasteiger partial charge on any atom is -0.444 e. The molecule has 1 atom stereocenters. The minimum absolute atomic E-state index is 0.141. The minimum atomic E-state index is -1.26. The van der Waals surface area contributed by atoms with Gasteiger partial charge in [-0.25, -0.2) is 22.9 Å². The molecule has 178 valence electrons. The standard InChI is InChI=1S/C24H29F3N4O2/c1-7-19-15(10-13(2)31(6)23(32)33-24(3,4)5)14-8-9-21(30-22(14)29-19)28-20-12-17(26)16(25)11-18(20)27/h8-9,11-13H,7,10H2,1-6H3,(H2,28,29,30). The van der Waals surface area contributed by atoms with Crippen LogP contribution in [0.1, 0.15) is 45.9 Å². The van der Waals surface area contributed by atoms with Crippen LogP contribution in [0.3, 0.4) is 0 Å². The van der Waals surface area contributed by atoms with Crippen LogP contribution in [0.2, 0.25) is 0 Å². The zero-order valence-electron chi connectivity index (χ0n) is 19.6. The van der Waals surface area contributed by atoms with Crippen molar-refractivity contribution in [3.05, 3.63) is 53.0 Å². The van der Waals surface area contributed by atoms with Crippen molar-refractivity contribution < 1.29 is 22.7 Å². The third kappa shape index (κ3) is 5.58. The van der Waals surface area contributed by atoms with E-state index in [1.807, 2.05) is 40.7 Å². The number of likely N-dealkylation sites (N-methyl/N-ethyl adjacent to an activating group) is 1. The van der Waals surface area contributed by atoms with Gasteiger partial charge in [-0.1, -0.05) is 6.92 Å². The number of anilines is 2. The van der Waals surface area contributed by atoms with Crippen LogP contribution in [0, 0.1) is 17.5 Å². The van der Waals surface area contributed by atoms with Crippen LogP contribution in [-0.4, -0.2) is 39.7 Å². The second-order valence-corrected chi connectivity index (χ2v) is 9.04. The lowest BCUT2D eigenvalue weighted by molar-refractivity contribution is 0.0236. The van der Waals surface area contributed by atoms with Crippen molar-refractivity contribution >= 4 is 28.6 Å². The van der Waals surface area contributed by atoms with E-state index in [1.54, 1.807) is 18.0 Å². The zero-order valence-corrected chi connectivity index (χ0v) is 19.6. The van der Waals surface area contributed by atoms with E-state index in [1.165, 1.54) is 0 Å². The summed E-state index contributed by atoms with van der Waals surface area (Å²) < 4.78 is 46.1. The second-order valence-electron chi connectivity index (χ2n) is 9.04. The lowest BCUT2D eigenvalue weighted by Gasteiger charge is -2.29. The van der Waals surface area contributed by atoms with Crippen LogP contribution in [0.15, 0.2) is 24.3 Å². The average molecular weight is 463 g/mol. The molecule has 0 radical (unpaired) electrons. The van der Waals surface area contributed by atoms with Gasteiger partial charge in [-0.3, -0.25) is 0 Å². The molecule has 1 amide bonds. The van der Waals surface area contributed by atoms with Crippen molar-refractivity contribution in [2.45, 2.75) is 59.1 Å². The molecule has 3 aromatic rings. The SMILES string of the molecule is CCc1[nH]c2nc(Nc3cc(F)c(F)cc3F)ccc2c1CC(C)N(C)C(=O)OC(C)(C)C. The number of fused-ring (bicyclic) bond motifs is 1. The molecular formula is C24H29F3N4O2. The van der Waals surface area contributed by atoms with E-state index < -0.39 is 29.1 Å². The Labute approximate surface area is 191 Å². The van der Waals surface area contributed by atoms with Gasteiger partial charge in [0.1, 0.15) is 22.9 Å². The Morgan fingerprint density at radius 2 is 1.85 bits per heavy atom. The number of halogens is 3. The van der Waals surface area contributed by atoms with Crippen LogP contribution in [0.4, 0.5) is 29.5 Å². The molecule has 6 nitrogen and oxygen atoms in total. The second kappa shape index (κ2) is 9.33. The number of nitrogens with zero attached hydrogens (tertiary/aromatic N) is 2. The highest BCUT2D eigenvalue weighted by atomic mass is 19.2. The van der Waals surface area contributed by atoms with Crippen LogP contribution in [-0.2, 0) is 17.6 Å². The summed E-state index contributed by atoms with van der Waals surface area (Å²) >= 11 is 0. The topological polar surface area (TPSA) is 70.2 Å². The number of hydrogen-bond acceptors (Lipinski definition) is 4. The monoisotopic (exact) mass is 462 g/mol. The molecule has 0 fully saturated rings. The molecule has 3 rings (SSSR count). The summed E-state index contributed by atoms with van der Waals surface area (Å²) in [4.78, 5) is 21.7. The largest absolute Gasteiger partial charge is 0.444 e. The first-order valence-electron chi connectivity index (χ1n) is 10.8. The van der Waals surface area contributed by atoms with E-state index >= 15 is 0 Å². The van der Waals surface area contributed by atoms with Crippen LogP contribution in [0.5, 0.6) is 0 Å². The van der Waals surface area contributed by atoms with Gasteiger partial charge < -0.3 is 19.9 Å². The molecule has 0 saturated carbocycles. The smallest absolute Gasteiger partial charge is 0.410 e. The molecular weight excluding hydrogens is 433 g/mol. The number of hydrogen-bond donors (Lipinski definition) is 2. The fourth-order valence-corrected chi connectivity index (χ4v) is 3.49. The molecule has 0 bridgehead atoms. The first kappa shape index (κ1) is 24.4. The van der Waals surface area contributed by atoms with Crippen LogP contribution in [0.25, 0.3) is 11.0 Å². The molecule has 0 spiro atoms. The van der Waals surface area contributed by atoms with Gasteiger partial charge in [0, 0.05) is 36.3 Å². The number of aromatic nitrogens is 2. The summed E-state index contributed by atoms with van der Waals surface area (Å²) in [5.74, 6) is -3.05. The Hall–Kier alpha value is -3.23. The van der Waals surface area contributed by atoms with Gasteiger partial charge >= 0.3 is 6.09 Å². The number of pyridine rings is 1. The number of ether oxygens (including phenoxy) is 1. The van der Waals surface area contributed by atoms with Gasteiger partial charge in [-0.05, 0) is 58.2 Å². The molecule has 2 N–H and O–H groups in total. The van der Waals surface area contributed by atoms with Crippen molar-refractivity contribution in [1.82, 2.24) is 14.9 Å². The van der Waals surface area contributed by atoms with Crippen molar-refractivity contribution in [2.24, 2.45) is 0 Å². The van der Waals surface area contributed by atoms with E-state index in [0.29, 0.717) is 18.1 Å². The van der Waals surface area contributed by atoms with Crippen molar-refractivity contribution in [1.29, 1.82) is 0 Å². The molecule has 2 aromatic heterocycles. The van der Waals surface area contributed by atoms with Crippen molar-refractivity contribution in [3.63, 3.8) is 0 Å². The molecule has 0 saturated heterocycles. The highest BCUT2D eigenvalue weighted by molar-refractivity contribution is 5.83. The van der Waals surface area contributed by atoms with Crippen molar-refractivity contribution in [2.75, 3.05) is 12.4 Å². The molecule has 1 aromatic carbocycles. The third-order valence-electron chi connectivity index (χ3n) is 5.32. The number of nitrogens with one attached hydrogen (secondary N) is 2. The van der Waals surface area contributed by atoms with Gasteiger partial charge in [-0.15, -0.1) is 0 Å². The predicted molar refractivity (Wildman–Crippen MR) is 122 cm³/mol. The molecule has 9 heteroatoms. The maximum absolute atomic E-state index is 14.0. The third-order valence-corrected chi connectivity index (χ3v) is 5.32. The fourth-order valence-electron chi connectivity index (χ4n) is 3.49. The van der Waals surface area contributed by atoms with Gasteiger partial charge in [0.2, 0.25) is 0 Å². The van der Waals surface area contributed by atoms with Crippen LogP contribution < -0.4 is 5.32 Å². The summed E-state index contributed by atoms with van der Waals surface area (Å²) in [7, 11) is 1.70.